The molecular weight excluding hydrogens is 421 g/mol. The highest BCUT2D eigenvalue weighted by Gasteiger charge is 2.34. The third kappa shape index (κ3) is 3.75. The van der Waals surface area contributed by atoms with Crippen molar-refractivity contribution in [2.75, 3.05) is 5.32 Å². The van der Waals surface area contributed by atoms with Crippen LogP contribution in [0.15, 0.2) is 37.2 Å². The molecule has 0 bridgehead atoms. The van der Waals surface area contributed by atoms with E-state index in [-0.39, 0.29) is 21.7 Å². The van der Waals surface area contributed by atoms with Crippen molar-refractivity contribution in [3.05, 3.63) is 59.3 Å². The van der Waals surface area contributed by atoms with Gasteiger partial charge < -0.3 is 5.32 Å². The number of aryl methyl sites for hydroxylation is 1. The van der Waals surface area contributed by atoms with Crippen LogP contribution in [-0.4, -0.2) is 34.7 Å². The summed E-state index contributed by atoms with van der Waals surface area (Å²) in [6.45, 7) is 3.59. The number of anilines is 1. The number of aromatic nitrogens is 7. The van der Waals surface area contributed by atoms with E-state index in [2.05, 4.69) is 35.3 Å². The summed E-state index contributed by atoms with van der Waals surface area (Å²) in [5, 5.41) is 7.34. The second kappa shape index (κ2) is 7.48. The minimum Gasteiger partial charge on any atom is -0.360 e. The average molecular weight is 435 g/mol. The van der Waals surface area contributed by atoms with Crippen LogP contribution >= 0.6 is 11.6 Å². The molecule has 0 radical (unpaired) electrons. The number of halogens is 4. The fourth-order valence-electron chi connectivity index (χ4n) is 3.01. The smallest absolute Gasteiger partial charge is 0.360 e. The number of alkyl halides is 3. The normalized spacial score (nSPS) is 12.9. The van der Waals surface area contributed by atoms with Crippen molar-refractivity contribution in [2.24, 2.45) is 0 Å². The maximum atomic E-state index is 13.4. The summed E-state index contributed by atoms with van der Waals surface area (Å²) in [6, 6.07) is 3.49. The SMILES string of the molecule is Cc1cc(-n2ncnc2[C@H](C)Nc2ncnc3c(C(F)(F)F)cc(Cl)cc23)ncn1. The fourth-order valence-corrected chi connectivity index (χ4v) is 3.23. The van der Waals surface area contributed by atoms with E-state index in [1.54, 1.807) is 13.0 Å². The minimum atomic E-state index is -4.61. The van der Waals surface area contributed by atoms with Gasteiger partial charge in [0.2, 0.25) is 0 Å². The highest BCUT2D eigenvalue weighted by molar-refractivity contribution is 6.31. The van der Waals surface area contributed by atoms with Crippen molar-refractivity contribution in [3.8, 4) is 5.82 Å². The molecule has 0 unspecified atom stereocenters. The molecule has 154 valence electrons. The van der Waals surface area contributed by atoms with E-state index in [9.17, 15) is 13.2 Å². The first kappa shape index (κ1) is 20.0. The number of hydrogen-bond acceptors (Lipinski definition) is 7. The molecule has 8 nitrogen and oxygen atoms in total. The summed E-state index contributed by atoms with van der Waals surface area (Å²) in [5.41, 5.74) is -0.426. The quantitative estimate of drug-likeness (QED) is 0.515. The second-order valence-corrected chi connectivity index (χ2v) is 6.92. The first-order chi connectivity index (χ1) is 14.2. The second-order valence-electron chi connectivity index (χ2n) is 6.48. The molecule has 4 rings (SSSR count). The Morgan fingerprint density at radius 1 is 1.00 bits per heavy atom. The Bertz CT molecular complexity index is 1220. The lowest BCUT2D eigenvalue weighted by atomic mass is 10.1. The van der Waals surface area contributed by atoms with E-state index in [0.29, 0.717) is 11.6 Å². The van der Waals surface area contributed by atoms with Crippen LogP contribution in [0.5, 0.6) is 0 Å². The standard InChI is InChI=1S/C18H14ClF3N8/c1-9-3-14(24-6-23-9)30-17(27-8-28-30)10(2)29-16-12-4-11(19)5-13(18(20,21)22)15(12)25-7-26-16/h3-8,10H,1-2H3,(H,25,26,29)/t10-/m0/s1. The van der Waals surface area contributed by atoms with Crippen LogP contribution < -0.4 is 5.32 Å². The van der Waals surface area contributed by atoms with E-state index >= 15 is 0 Å². The number of hydrogen-bond donors (Lipinski definition) is 1. The molecule has 1 N–H and O–H groups in total. The van der Waals surface area contributed by atoms with Gasteiger partial charge in [0, 0.05) is 22.2 Å². The van der Waals surface area contributed by atoms with Crippen molar-refractivity contribution in [2.45, 2.75) is 26.1 Å². The first-order valence-electron chi connectivity index (χ1n) is 8.71. The summed E-state index contributed by atoms with van der Waals surface area (Å²) in [7, 11) is 0. The highest BCUT2D eigenvalue weighted by Crippen LogP contribution is 2.38. The molecule has 1 atom stereocenters. The molecule has 30 heavy (non-hydrogen) atoms. The van der Waals surface area contributed by atoms with Crippen LogP contribution in [0.3, 0.4) is 0 Å². The Hall–Kier alpha value is -3.34. The summed E-state index contributed by atoms with van der Waals surface area (Å²) < 4.78 is 41.8. The Morgan fingerprint density at radius 3 is 2.50 bits per heavy atom. The number of nitrogens with zero attached hydrogens (tertiary/aromatic N) is 7. The number of benzene rings is 1. The number of rotatable bonds is 4. The molecular formula is C18H14ClF3N8. The van der Waals surface area contributed by atoms with Gasteiger partial charge in [0.1, 0.15) is 24.8 Å². The fraction of sp³-hybridized carbons (Fsp3) is 0.222. The van der Waals surface area contributed by atoms with Crippen molar-refractivity contribution < 1.29 is 13.2 Å². The van der Waals surface area contributed by atoms with E-state index in [1.165, 1.54) is 23.4 Å². The van der Waals surface area contributed by atoms with E-state index in [4.69, 9.17) is 11.6 Å². The van der Waals surface area contributed by atoms with Gasteiger partial charge in [0.15, 0.2) is 11.6 Å². The molecule has 0 aliphatic heterocycles. The predicted octanol–water partition coefficient (Wildman–Crippen LogP) is 4.15. The van der Waals surface area contributed by atoms with Gasteiger partial charge in [-0.3, -0.25) is 0 Å². The molecule has 3 heterocycles. The molecule has 1 aromatic carbocycles. The van der Waals surface area contributed by atoms with Crippen LogP contribution in [0.2, 0.25) is 5.02 Å². The van der Waals surface area contributed by atoms with E-state index in [1.807, 2.05) is 6.92 Å². The Kier molecular flexibility index (Phi) is 4.98. The monoisotopic (exact) mass is 434 g/mol. The van der Waals surface area contributed by atoms with Crippen LogP contribution in [-0.2, 0) is 6.18 Å². The zero-order valence-electron chi connectivity index (χ0n) is 15.7. The average Bonchev–Trinajstić information content (AvgIpc) is 3.17. The molecule has 0 aliphatic rings. The third-order valence-electron chi connectivity index (χ3n) is 4.33. The van der Waals surface area contributed by atoms with Crippen molar-refractivity contribution >= 4 is 28.3 Å². The van der Waals surface area contributed by atoms with Crippen molar-refractivity contribution in [3.63, 3.8) is 0 Å². The van der Waals surface area contributed by atoms with Gasteiger partial charge in [-0.25, -0.2) is 24.9 Å². The zero-order chi connectivity index (χ0) is 21.5. The maximum absolute atomic E-state index is 13.4. The summed E-state index contributed by atoms with van der Waals surface area (Å²) >= 11 is 5.93. The minimum absolute atomic E-state index is 0.0695. The topological polar surface area (TPSA) is 94.3 Å². The van der Waals surface area contributed by atoms with Crippen LogP contribution in [0.4, 0.5) is 19.0 Å². The van der Waals surface area contributed by atoms with Gasteiger partial charge in [-0.2, -0.15) is 23.0 Å². The van der Waals surface area contributed by atoms with Crippen LogP contribution in [0.1, 0.15) is 30.0 Å². The molecule has 12 heteroatoms. The highest BCUT2D eigenvalue weighted by atomic mass is 35.5. The third-order valence-corrected chi connectivity index (χ3v) is 4.55. The number of fused-ring (bicyclic) bond motifs is 1. The van der Waals surface area contributed by atoms with Crippen LogP contribution in [0.25, 0.3) is 16.7 Å². The first-order valence-corrected chi connectivity index (χ1v) is 9.09. The number of nitrogens with one attached hydrogen (secondary N) is 1. The molecule has 3 aromatic heterocycles. The molecule has 0 saturated carbocycles. The van der Waals surface area contributed by atoms with Crippen molar-refractivity contribution in [1.82, 2.24) is 34.7 Å². The molecule has 0 amide bonds. The van der Waals surface area contributed by atoms with Gasteiger partial charge in [-0.15, -0.1) is 0 Å². The van der Waals surface area contributed by atoms with E-state index in [0.717, 1.165) is 18.1 Å². The van der Waals surface area contributed by atoms with Crippen LogP contribution in [0, 0.1) is 6.92 Å². The summed E-state index contributed by atoms with van der Waals surface area (Å²) in [5.74, 6) is 1.19. The molecule has 0 fully saturated rings. The summed E-state index contributed by atoms with van der Waals surface area (Å²) in [6.07, 6.45) is -0.765. The lowest BCUT2D eigenvalue weighted by Gasteiger charge is -2.17. The zero-order valence-corrected chi connectivity index (χ0v) is 16.4. The van der Waals surface area contributed by atoms with Gasteiger partial charge in [0.25, 0.3) is 0 Å². The Balaban J connectivity index is 1.74. The van der Waals surface area contributed by atoms with Gasteiger partial charge in [-0.1, -0.05) is 11.6 Å². The van der Waals surface area contributed by atoms with Gasteiger partial charge in [0.05, 0.1) is 17.1 Å². The molecule has 0 aliphatic carbocycles. The predicted molar refractivity (Wildman–Crippen MR) is 103 cm³/mol. The molecule has 0 saturated heterocycles. The van der Waals surface area contributed by atoms with Crippen molar-refractivity contribution in [1.29, 1.82) is 0 Å². The molecule has 4 aromatic rings. The van der Waals surface area contributed by atoms with Gasteiger partial charge in [-0.05, 0) is 26.0 Å². The summed E-state index contributed by atoms with van der Waals surface area (Å²) in [4.78, 5) is 20.4. The largest absolute Gasteiger partial charge is 0.418 e. The van der Waals surface area contributed by atoms with E-state index < -0.39 is 17.8 Å². The maximum Gasteiger partial charge on any atom is 0.418 e. The van der Waals surface area contributed by atoms with Gasteiger partial charge >= 0.3 is 6.18 Å². The lowest BCUT2D eigenvalue weighted by molar-refractivity contribution is -0.136. The molecule has 0 spiro atoms. The Labute approximate surface area is 173 Å². The Morgan fingerprint density at radius 2 is 1.77 bits per heavy atom. The lowest BCUT2D eigenvalue weighted by Crippen LogP contribution is -2.16.